The van der Waals surface area contributed by atoms with E-state index >= 15 is 0 Å². The van der Waals surface area contributed by atoms with Gasteiger partial charge in [-0.25, -0.2) is 4.98 Å². The minimum atomic E-state index is 0.698. The van der Waals surface area contributed by atoms with E-state index in [9.17, 15) is 0 Å². The summed E-state index contributed by atoms with van der Waals surface area (Å²) in [6.45, 7) is 1.93. The Bertz CT molecular complexity index is 1290. The van der Waals surface area contributed by atoms with Crippen molar-refractivity contribution in [1.82, 2.24) is 10.1 Å². The third kappa shape index (κ3) is 3.96. The normalized spacial score (nSPS) is 10.7. The van der Waals surface area contributed by atoms with E-state index in [-0.39, 0.29) is 0 Å². The van der Waals surface area contributed by atoms with Gasteiger partial charge in [-0.3, -0.25) is 0 Å². The predicted molar refractivity (Wildman–Crippen MR) is 125 cm³/mol. The van der Waals surface area contributed by atoms with Crippen molar-refractivity contribution in [3.05, 3.63) is 109 Å². The van der Waals surface area contributed by atoms with E-state index in [0.29, 0.717) is 5.76 Å². The summed E-state index contributed by atoms with van der Waals surface area (Å²) in [4.78, 5) is 4.49. The lowest BCUT2D eigenvalue weighted by Gasteiger charge is -2.09. The van der Waals surface area contributed by atoms with Gasteiger partial charge in [-0.15, -0.1) is 0 Å². The number of aromatic nitrogens is 2. The Balaban J connectivity index is 1.45. The molecule has 2 heterocycles. The van der Waals surface area contributed by atoms with Crippen molar-refractivity contribution in [2.24, 2.45) is 0 Å². The summed E-state index contributed by atoms with van der Waals surface area (Å²) in [7, 11) is 0. The van der Waals surface area contributed by atoms with Gasteiger partial charge < -0.3 is 9.84 Å². The van der Waals surface area contributed by atoms with Crippen molar-refractivity contribution in [2.75, 3.05) is 5.32 Å². The number of anilines is 2. The molecule has 5 rings (SSSR count). The maximum Gasteiger partial charge on any atom is 0.190 e. The average Bonchev–Trinajstić information content (AvgIpc) is 3.20. The Labute approximate surface area is 181 Å². The molecule has 0 saturated heterocycles. The van der Waals surface area contributed by atoms with E-state index in [4.69, 9.17) is 4.52 Å². The van der Waals surface area contributed by atoms with Crippen LogP contribution in [-0.2, 0) is 0 Å². The molecule has 5 aromatic rings. The number of aryl methyl sites for hydroxylation is 1. The van der Waals surface area contributed by atoms with Crippen LogP contribution in [0.3, 0.4) is 0 Å². The Morgan fingerprint density at radius 1 is 0.645 bits per heavy atom. The molecule has 0 saturated carbocycles. The van der Waals surface area contributed by atoms with E-state index in [1.54, 1.807) is 0 Å². The van der Waals surface area contributed by atoms with Crippen molar-refractivity contribution < 1.29 is 4.52 Å². The van der Waals surface area contributed by atoms with Gasteiger partial charge in [0.2, 0.25) is 0 Å². The molecule has 0 fully saturated rings. The van der Waals surface area contributed by atoms with E-state index in [1.165, 1.54) is 5.56 Å². The van der Waals surface area contributed by atoms with Crippen molar-refractivity contribution in [2.45, 2.75) is 6.92 Å². The summed E-state index contributed by atoms with van der Waals surface area (Å²) >= 11 is 0. The molecule has 0 radical (unpaired) electrons. The molecule has 0 unspecified atom stereocenters. The summed E-state index contributed by atoms with van der Waals surface area (Å²) in [6.07, 6.45) is 1.81. The molecular weight excluding hydrogens is 382 g/mol. The van der Waals surface area contributed by atoms with Crippen LogP contribution in [0.2, 0.25) is 0 Å². The van der Waals surface area contributed by atoms with Crippen LogP contribution in [0.25, 0.3) is 33.6 Å². The van der Waals surface area contributed by atoms with E-state index < -0.39 is 0 Å². The fourth-order valence-corrected chi connectivity index (χ4v) is 3.60. The lowest BCUT2D eigenvalue weighted by Crippen LogP contribution is -1.96. The van der Waals surface area contributed by atoms with E-state index in [0.717, 1.165) is 39.5 Å². The average molecular weight is 403 g/mol. The van der Waals surface area contributed by atoms with Crippen molar-refractivity contribution in [3.8, 4) is 33.6 Å². The molecule has 0 bridgehead atoms. The largest absolute Gasteiger partial charge is 0.354 e. The fourth-order valence-electron chi connectivity index (χ4n) is 3.60. The van der Waals surface area contributed by atoms with Crippen LogP contribution in [0.4, 0.5) is 11.5 Å². The summed E-state index contributed by atoms with van der Waals surface area (Å²) in [6, 6.07) is 32.9. The van der Waals surface area contributed by atoms with Crippen LogP contribution in [0.5, 0.6) is 0 Å². The molecular formula is C27H21N3O. The molecule has 150 valence electrons. The number of benzene rings is 3. The standard InChI is InChI=1S/C27H21N3O/c1-19-26(29-25-18-24(16-17-28-25)21-10-6-3-7-11-21)27(31-30-19)23-14-12-22(13-15-23)20-8-4-2-5-9-20/h2-18H,1H3,(H,28,29). The van der Waals surface area contributed by atoms with Crippen molar-refractivity contribution in [1.29, 1.82) is 0 Å². The fraction of sp³-hybridized carbons (Fsp3) is 0.0370. The zero-order chi connectivity index (χ0) is 21.0. The van der Waals surface area contributed by atoms with Crippen molar-refractivity contribution >= 4 is 11.5 Å². The van der Waals surface area contributed by atoms with Crippen molar-refractivity contribution in [3.63, 3.8) is 0 Å². The first kappa shape index (κ1) is 18.8. The molecule has 2 aromatic heterocycles. The lowest BCUT2D eigenvalue weighted by atomic mass is 10.0. The Morgan fingerprint density at radius 2 is 1.23 bits per heavy atom. The molecule has 0 aliphatic carbocycles. The van der Waals surface area contributed by atoms with Crippen LogP contribution in [0.1, 0.15) is 5.69 Å². The molecule has 4 heteroatoms. The van der Waals surface area contributed by atoms with Gasteiger partial charge in [0.25, 0.3) is 0 Å². The molecule has 0 spiro atoms. The van der Waals surface area contributed by atoms with E-state index in [2.05, 4.69) is 64.0 Å². The monoisotopic (exact) mass is 403 g/mol. The van der Waals surface area contributed by atoms with Gasteiger partial charge in [-0.1, -0.05) is 90.1 Å². The zero-order valence-electron chi connectivity index (χ0n) is 17.1. The maximum absolute atomic E-state index is 5.67. The van der Waals surface area contributed by atoms with Gasteiger partial charge >= 0.3 is 0 Å². The lowest BCUT2D eigenvalue weighted by molar-refractivity contribution is 0.427. The number of hydrogen-bond acceptors (Lipinski definition) is 4. The van der Waals surface area contributed by atoms with Gasteiger partial charge in [0.1, 0.15) is 17.2 Å². The quantitative estimate of drug-likeness (QED) is 0.339. The molecule has 3 aromatic carbocycles. The number of hydrogen-bond donors (Lipinski definition) is 1. The van der Waals surface area contributed by atoms with Gasteiger partial charge in [0.05, 0.1) is 0 Å². The molecule has 4 nitrogen and oxygen atoms in total. The number of pyridine rings is 1. The highest BCUT2D eigenvalue weighted by atomic mass is 16.5. The Kier molecular flexibility index (Phi) is 5.03. The SMILES string of the molecule is Cc1noc(-c2ccc(-c3ccccc3)cc2)c1Nc1cc(-c2ccccc2)ccn1. The highest BCUT2D eigenvalue weighted by molar-refractivity contribution is 5.80. The van der Waals surface area contributed by atoms with Crippen LogP contribution >= 0.6 is 0 Å². The number of rotatable bonds is 5. The first-order valence-corrected chi connectivity index (χ1v) is 10.2. The van der Waals surface area contributed by atoms with Crippen LogP contribution in [0.15, 0.2) is 108 Å². The highest BCUT2D eigenvalue weighted by Crippen LogP contribution is 2.34. The molecule has 0 atom stereocenters. The van der Waals surface area contributed by atoms with Crippen LogP contribution < -0.4 is 5.32 Å². The van der Waals surface area contributed by atoms with Crippen LogP contribution in [0, 0.1) is 6.92 Å². The minimum Gasteiger partial charge on any atom is -0.354 e. The zero-order valence-corrected chi connectivity index (χ0v) is 17.1. The molecule has 0 aliphatic heterocycles. The van der Waals surface area contributed by atoms with Gasteiger partial charge in [-0.05, 0) is 41.3 Å². The summed E-state index contributed by atoms with van der Waals surface area (Å²) in [5, 5.41) is 7.59. The molecule has 0 aliphatic rings. The molecule has 1 N–H and O–H groups in total. The third-order valence-electron chi connectivity index (χ3n) is 5.24. The van der Waals surface area contributed by atoms with Gasteiger partial charge in [-0.2, -0.15) is 0 Å². The highest BCUT2D eigenvalue weighted by Gasteiger charge is 2.16. The second-order valence-electron chi connectivity index (χ2n) is 7.34. The minimum absolute atomic E-state index is 0.698. The molecule has 31 heavy (non-hydrogen) atoms. The summed E-state index contributed by atoms with van der Waals surface area (Å²) in [5.74, 6) is 1.44. The van der Waals surface area contributed by atoms with E-state index in [1.807, 2.05) is 61.7 Å². The molecule has 0 amide bonds. The second kappa shape index (κ2) is 8.28. The smallest absolute Gasteiger partial charge is 0.190 e. The maximum atomic E-state index is 5.67. The topological polar surface area (TPSA) is 51.0 Å². The Morgan fingerprint density at radius 3 is 1.90 bits per heavy atom. The summed E-state index contributed by atoms with van der Waals surface area (Å²) < 4.78 is 5.67. The predicted octanol–water partition coefficient (Wildman–Crippen LogP) is 7.12. The van der Waals surface area contributed by atoms with Gasteiger partial charge in [0, 0.05) is 11.8 Å². The first-order valence-electron chi connectivity index (χ1n) is 10.2. The summed E-state index contributed by atoms with van der Waals surface area (Å²) in [5.41, 5.74) is 7.16. The number of nitrogens with one attached hydrogen (secondary N) is 1. The second-order valence-corrected chi connectivity index (χ2v) is 7.34. The Hall–Kier alpha value is -4.18. The van der Waals surface area contributed by atoms with Gasteiger partial charge in [0.15, 0.2) is 5.76 Å². The first-order chi connectivity index (χ1) is 15.3. The number of nitrogens with zero attached hydrogens (tertiary/aromatic N) is 2. The van der Waals surface area contributed by atoms with Crippen LogP contribution in [-0.4, -0.2) is 10.1 Å². The third-order valence-corrected chi connectivity index (χ3v) is 5.24.